The Labute approximate surface area is 134 Å². The fraction of sp³-hybridized carbons (Fsp3) is 0.353. The van der Waals surface area contributed by atoms with Gasteiger partial charge in [0.25, 0.3) is 5.91 Å². The van der Waals surface area contributed by atoms with Gasteiger partial charge in [-0.1, -0.05) is 12.1 Å². The van der Waals surface area contributed by atoms with E-state index >= 15 is 0 Å². The molecule has 5 heteroatoms. The van der Waals surface area contributed by atoms with Crippen molar-refractivity contribution < 1.29 is 14.3 Å². The molecule has 2 aromatic rings. The zero-order chi connectivity index (χ0) is 15.5. The number of nitrogens with zero attached hydrogens (tertiary/aromatic N) is 1. The predicted molar refractivity (Wildman–Crippen MR) is 86.9 cm³/mol. The van der Waals surface area contributed by atoms with Crippen molar-refractivity contribution in [2.24, 2.45) is 0 Å². The highest BCUT2D eigenvalue weighted by molar-refractivity contribution is 7.10. The van der Waals surface area contributed by atoms with Crippen molar-refractivity contribution in [3.05, 3.63) is 46.2 Å². The minimum atomic E-state index is 0.00616. The molecule has 1 saturated heterocycles. The molecule has 116 valence electrons. The lowest BCUT2D eigenvalue weighted by Crippen LogP contribution is -2.30. The molecule has 1 aliphatic rings. The monoisotopic (exact) mass is 317 g/mol. The van der Waals surface area contributed by atoms with Crippen LogP contribution in [-0.4, -0.2) is 31.6 Å². The fourth-order valence-corrected chi connectivity index (χ4v) is 3.87. The van der Waals surface area contributed by atoms with Crippen LogP contribution < -0.4 is 9.47 Å². The molecule has 0 saturated carbocycles. The Morgan fingerprint density at radius 1 is 1.23 bits per heavy atom. The van der Waals surface area contributed by atoms with Gasteiger partial charge in [-0.2, -0.15) is 0 Å². The van der Waals surface area contributed by atoms with E-state index in [0.29, 0.717) is 17.1 Å². The van der Waals surface area contributed by atoms with Crippen LogP contribution in [0.2, 0.25) is 0 Å². The van der Waals surface area contributed by atoms with E-state index in [9.17, 15) is 4.79 Å². The number of hydrogen-bond acceptors (Lipinski definition) is 4. The minimum absolute atomic E-state index is 0.00616. The zero-order valence-corrected chi connectivity index (χ0v) is 13.6. The van der Waals surface area contributed by atoms with Crippen molar-refractivity contribution in [1.82, 2.24) is 4.90 Å². The summed E-state index contributed by atoms with van der Waals surface area (Å²) in [6, 6.07) is 9.73. The summed E-state index contributed by atoms with van der Waals surface area (Å²) in [5.74, 6) is 1.10. The predicted octanol–water partition coefficient (Wildman–Crippen LogP) is 3.74. The van der Waals surface area contributed by atoms with Gasteiger partial charge in [0.15, 0.2) is 11.5 Å². The number of thiophene rings is 1. The Bertz CT molecular complexity index is 654. The molecule has 22 heavy (non-hydrogen) atoms. The maximum Gasteiger partial charge on any atom is 0.258 e. The number of hydrogen-bond donors (Lipinski definition) is 0. The number of para-hydroxylation sites is 1. The van der Waals surface area contributed by atoms with Crippen molar-refractivity contribution in [2.75, 3.05) is 20.8 Å². The summed E-state index contributed by atoms with van der Waals surface area (Å²) in [6.07, 6.45) is 2.04. The SMILES string of the molecule is COc1cccc(C(=O)N2CCC[C@H]2c2cccs2)c1OC. The Hall–Kier alpha value is -2.01. The van der Waals surface area contributed by atoms with Gasteiger partial charge in [-0.25, -0.2) is 0 Å². The summed E-state index contributed by atoms with van der Waals surface area (Å²) >= 11 is 1.70. The first-order chi connectivity index (χ1) is 10.8. The van der Waals surface area contributed by atoms with E-state index in [-0.39, 0.29) is 11.9 Å². The molecule has 3 rings (SSSR count). The Morgan fingerprint density at radius 3 is 2.77 bits per heavy atom. The second-order valence-corrected chi connectivity index (χ2v) is 6.19. The maximum atomic E-state index is 13.0. The molecule has 1 aliphatic heterocycles. The van der Waals surface area contributed by atoms with E-state index in [0.717, 1.165) is 19.4 Å². The molecule has 1 aromatic heterocycles. The highest BCUT2D eigenvalue weighted by Crippen LogP contribution is 2.38. The molecule has 0 aliphatic carbocycles. The Balaban J connectivity index is 1.94. The van der Waals surface area contributed by atoms with Crippen LogP contribution in [0.25, 0.3) is 0 Å². The summed E-state index contributed by atoms with van der Waals surface area (Å²) in [4.78, 5) is 16.2. The van der Waals surface area contributed by atoms with Crippen LogP contribution >= 0.6 is 11.3 Å². The molecule has 0 radical (unpaired) electrons. The largest absolute Gasteiger partial charge is 0.493 e. The lowest BCUT2D eigenvalue weighted by atomic mass is 10.1. The summed E-state index contributed by atoms with van der Waals surface area (Å²) in [5, 5.41) is 2.06. The molecule has 2 heterocycles. The minimum Gasteiger partial charge on any atom is -0.493 e. The Kier molecular flexibility index (Phi) is 4.34. The first-order valence-electron chi connectivity index (χ1n) is 7.31. The lowest BCUT2D eigenvalue weighted by Gasteiger charge is -2.25. The van der Waals surface area contributed by atoms with E-state index in [1.54, 1.807) is 37.7 Å². The first-order valence-corrected chi connectivity index (χ1v) is 8.19. The molecule has 1 fully saturated rings. The van der Waals surface area contributed by atoms with Gasteiger partial charge < -0.3 is 14.4 Å². The van der Waals surface area contributed by atoms with Gasteiger partial charge in [-0.3, -0.25) is 4.79 Å². The van der Waals surface area contributed by atoms with Gasteiger partial charge in [-0.05, 0) is 36.4 Å². The van der Waals surface area contributed by atoms with E-state index in [1.165, 1.54) is 4.88 Å². The highest BCUT2D eigenvalue weighted by atomic mass is 32.1. The lowest BCUT2D eigenvalue weighted by molar-refractivity contribution is 0.0734. The number of ether oxygens (including phenoxy) is 2. The third kappa shape index (κ3) is 2.57. The van der Waals surface area contributed by atoms with Gasteiger partial charge in [0.1, 0.15) is 0 Å². The molecule has 1 aromatic carbocycles. The molecule has 0 bridgehead atoms. The highest BCUT2D eigenvalue weighted by Gasteiger charge is 2.32. The van der Waals surface area contributed by atoms with Crippen molar-refractivity contribution >= 4 is 17.2 Å². The van der Waals surface area contributed by atoms with E-state index in [1.807, 2.05) is 17.0 Å². The van der Waals surface area contributed by atoms with Crippen LogP contribution in [-0.2, 0) is 0 Å². The standard InChI is InChI=1S/C17H19NO3S/c1-20-14-8-3-6-12(16(14)21-2)17(19)18-10-4-7-13(18)15-9-5-11-22-15/h3,5-6,8-9,11,13H,4,7,10H2,1-2H3/t13-/m0/s1. The molecular weight excluding hydrogens is 298 g/mol. The van der Waals surface area contributed by atoms with Crippen molar-refractivity contribution in [3.63, 3.8) is 0 Å². The van der Waals surface area contributed by atoms with Crippen molar-refractivity contribution in [2.45, 2.75) is 18.9 Å². The van der Waals surface area contributed by atoms with Crippen LogP contribution in [0.1, 0.15) is 34.1 Å². The average Bonchev–Trinajstić information content (AvgIpc) is 3.23. The second kappa shape index (κ2) is 6.40. The average molecular weight is 317 g/mol. The molecule has 1 atom stereocenters. The Morgan fingerprint density at radius 2 is 2.09 bits per heavy atom. The van der Waals surface area contributed by atoms with Crippen LogP contribution in [0.3, 0.4) is 0 Å². The fourth-order valence-electron chi connectivity index (χ4n) is 3.00. The molecule has 0 spiro atoms. The second-order valence-electron chi connectivity index (χ2n) is 5.21. The van der Waals surface area contributed by atoms with Gasteiger partial charge in [0.05, 0.1) is 25.8 Å². The van der Waals surface area contributed by atoms with Gasteiger partial charge in [-0.15, -0.1) is 11.3 Å². The molecule has 4 nitrogen and oxygen atoms in total. The summed E-state index contributed by atoms with van der Waals surface area (Å²) in [5.41, 5.74) is 0.560. The van der Waals surface area contributed by atoms with Crippen LogP contribution in [0.4, 0.5) is 0 Å². The molecular formula is C17H19NO3S. The summed E-state index contributed by atoms with van der Waals surface area (Å²) < 4.78 is 10.7. The van der Waals surface area contributed by atoms with Gasteiger partial charge >= 0.3 is 0 Å². The number of benzene rings is 1. The summed E-state index contributed by atoms with van der Waals surface area (Å²) in [7, 11) is 3.14. The number of methoxy groups -OCH3 is 2. The molecule has 0 unspecified atom stereocenters. The third-order valence-corrected chi connectivity index (χ3v) is 4.99. The number of carbonyl (C=O) groups excluding carboxylic acids is 1. The number of likely N-dealkylation sites (tertiary alicyclic amines) is 1. The van der Waals surface area contributed by atoms with E-state index in [4.69, 9.17) is 9.47 Å². The molecule has 0 N–H and O–H groups in total. The van der Waals surface area contributed by atoms with Crippen molar-refractivity contribution in [1.29, 1.82) is 0 Å². The quantitative estimate of drug-likeness (QED) is 0.862. The van der Waals surface area contributed by atoms with E-state index < -0.39 is 0 Å². The maximum absolute atomic E-state index is 13.0. The smallest absolute Gasteiger partial charge is 0.258 e. The normalized spacial score (nSPS) is 17.5. The van der Waals surface area contributed by atoms with Crippen LogP contribution in [0.15, 0.2) is 35.7 Å². The summed E-state index contributed by atoms with van der Waals surface area (Å²) in [6.45, 7) is 0.780. The van der Waals surface area contributed by atoms with Crippen molar-refractivity contribution in [3.8, 4) is 11.5 Å². The third-order valence-electron chi connectivity index (χ3n) is 4.02. The topological polar surface area (TPSA) is 38.8 Å². The number of rotatable bonds is 4. The van der Waals surface area contributed by atoms with Gasteiger partial charge in [0.2, 0.25) is 0 Å². The first kappa shape index (κ1) is 14.9. The zero-order valence-electron chi connectivity index (χ0n) is 12.7. The molecule has 1 amide bonds. The van der Waals surface area contributed by atoms with E-state index in [2.05, 4.69) is 11.4 Å². The van der Waals surface area contributed by atoms with Crippen LogP contribution in [0, 0.1) is 0 Å². The number of amides is 1. The van der Waals surface area contributed by atoms with Gasteiger partial charge in [0, 0.05) is 11.4 Å². The number of carbonyl (C=O) groups is 1. The van der Waals surface area contributed by atoms with Crippen LogP contribution in [0.5, 0.6) is 11.5 Å².